The lowest BCUT2D eigenvalue weighted by atomic mass is 9.71. The Bertz CT molecular complexity index is 271. The molecule has 1 aromatic carbocycles. The van der Waals surface area contributed by atoms with Gasteiger partial charge in [-0.1, -0.05) is 11.6 Å². The Balaban J connectivity index is 3.21. The quantitative estimate of drug-likeness (QED) is 0.533. The Morgan fingerprint density at radius 2 is 1.73 bits per heavy atom. The van der Waals surface area contributed by atoms with Crippen LogP contribution >= 0.6 is 0 Å². The zero-order valence-electron chi connectivity index (χ0n) is 6.91. The van der Waals surface area contributed by atoms with Crippen LogP contribution in [0.4, 0.5) is 8.78 Å². The minimum atomic E-state index is -0.744. The summed E-state index contributed by atoms with van der Waals surface area (Å²) >= 11 is 0. The number of aryl methyl sites for hydroxylation is 1. The second-order valence-electron chi connectivity index (χ2n) is 2.85. The molecular weight excluding hydrogens is 145 g/mol. The standard InChI is InChI=1S/C8H10BF2/c1-5-3-7(10)8(11)4-6(5)9-2/h3-4H,9H2,1-2H3/q-1. The van der Waals surface area contributed by atoms with E-state index in [1.54, 1.807) is 0 Å². The van der Waals surface area contributed by atoms with Gasteiger partial charge in [0.1, 0.15) is 0 Å². The van der Waals surface area contributed by atoms with Crippen LogP contribution in [0.2, 0.25) is 6.82 Å². The van der Waals surface area contributed by atoms with Crippen molar-refractivity contribution in [1.82, 2.24) is 0 Å². The van der Waals surface area contributed by atoms with Gasteiger partial charge < -0.3 is 0 Å². The van der Waals surface area contributed by atoms with Gasteiger partial charge >= 0.3 is 0 Å². The van der Waals surface area contributed by atoms with E-state index >= 15 is 0 Å². The average Bonchev–Trinajstić information content (AvgIpc) is 1.97. The van der Waals surface area contributed by atoms with Crippen molar-refractivity contribution in [2.45, 2.75) is 13.7 Å². The summed E-state index contributed by atoms with van der Waals surface area (Å²) in [5.74, 6) is -1.47. The lowest BCUT2D eigenvalue weighted by Gasteiger charge is -2.07. The summed E-state index contributed by atoms with van der Waals surface area (Å²) in [6.07, 6.45) is 0. The van der Waals surface area contributed by atoms with Crippen molar-refractivity contribution in [2.75, 3.05) is 0 Å². The van der Waals surface area contributed by atoms with Crippen LogP contribution in [0.1, 0.15) is 5.56 Å². The molecule has 0 amide bonds. The Morgan fingerprint density at radius 1 is 1.18 bits per heavy atom. The molecule has 0 saturated heterocycles. The van der Waals surface area contributed by atoms with Gasteiger partial charge in [0.25, 0.3) is 0 Å². The summed E-state index contributed by atoms with van der Waals surface area (Å²) in [7, 11) is -0.270. The first-order valence-electron chi connectivity index (χ1n) is 4.03. The maximum Gasteiger partial charge on any atom is 0.158 e. The van der Waals surface area contributed by atoms with Crippen molar-refractivity contribution in [3.8, 4) is 0 Å². The van der Waals surface area contributed by atoms with Gasteiger partial charge in [0.15, 0.2) is 11.6 Å². The third-order valence-corrected chi connectivity index (χ3v) is 2.08. The van der Waals surface area contributed by atoms with Gasteiger partial charge in [-0.2, -0.15) is 6.82 Å². The fraction of sp³-hybridized carbons (Fsp3) is 0.250. The van der Waals surface area contributed by atoms with Crippen LogP contribution in [-0.4, -0.2) is 7.28 Å². The monoisotopic (exact) mass is 155 g/mol. The molecule has 60 valence electrons. The lowest BCUT2D eigenvalue weighted by Crippen LogP contribution is -2.15. The van der Waals surface area contributed by atoms with Crippen LogP contribution < -0.4 is 5.46 Å². The first kappa shape index (κ1) is 8.24. The summed E-state index contributed by atoms with van der Waals surface area (Å²) in [4.78, 5) is 0. The molecule has 0 aromatic heterocycles. The number of rotatable bonds is 1. The van der Waals surface area contributed by atoms with Gasteiger partial charge in [-0.05, 0) is 20.3 Å². The molecule has 0 N–H and O–H groups in total. The Labute approximate surface area is 65.5 Å². The van der Waals surface area contributed by atoms with Crippen molar-refractivity contribution in [3.05, 3.63) is 29.3 Å². The first-order chi connectivity index (χ1) is 5.15. The summed E-state index contributed by atoms with van der Waals surface area (Å²) in [6.45, 7) is 3.85. The van der Waals surface area contributed by atoms with Crippen LogP contribution in [0.15, 0.2) is 12.1 Å². The maximum atomic E-state index is 12.6. The zero-order valence-corrected chi connectivity index (χ0v) is 6.91. The van der Waals surface area contributed by atoms with Crippen molar-refractivity contribution in [2.24, 2.45) is 0 Å². The van der Waals surface area contributed by atoms with Gasteiger partial charge in [0.2, 0.25) is 0 Å². The van der Waals surface area contributed by atoms with Crippen LogP contribution in [0.3, 0.4) is 0 Å². The molecule has 0 aliphatic rings. The molecule has 0 saturated carbocycles. The molecule has 1 rings (SSSR count). The molecule has 0 spiro atoms. The van der Waals surface area contributed by atoms with E-state index in [4.69, 9.17) is 0 Å². The largest absolute Gasteiger partial charge is 0.212 e. The smallest absolute Gasteiger partial charge is 0.158 e. The van der Waals surface area contributed by atoms with Crippen LogP contribution in [0, 0.1) is 18.6 Å². The Kier molecular flexibility index (Phi) is 2.27. The predicted molar refractivity (Wildman–Crippen MR) is 45.1 cm³/mol. The first-order valence-corrected chi connectivity index (χ1v) is 4.03. The number of halogens is 2. The number of hydrogen-bond donors (Lipinski definition) is 0. The summed E-state index contributed by atoms with van der Waals surface area (Å²) in [5, 5.41) is 0. The van der Waals surface area contributed by atoms with E-state index in [1.807, 2.05) is 13.7 Å². The van der Waals surface area contributed by atoms with Gasteiger partial charge in [-0.3, -0.25) is 0 Å². The van der Waals surface area contributed by atoms with E-state index in [-0.39, 0.29) is 7.28 Å². The SMILES string of the molecule is C[BH2-]c1cc(F)c(F)cc1C. The van der Waals surface area contributed by atoms with Crippen molar-refractivity contribution in [3.63, 3.8) is 0 Å². The van der Waals surface area contributed by atoms with Gasteiger partial charge in [0, 0.05) is 0 Å². The minimum absolute atomic E-state index is 0.270. The molecule has 0 heterocycles. The molecule has 3 heteroatoms. The van der Waals surface area contributed by atoms with E-state index in [9.17, 15) is 8.78 Å². The minimum Gasteiger partial charge on any atom is -0.212 e. The zero-order chi connectivity index (χ0) is 8.43. The molecular formula is C8H10BF2-. The van der Waals surface area contributed by atoms with Crippen LogP contribution in [-0.2, 0) is 0 Å². The molecule has 0 aliphatic heterocycles. The average molecular weight is 155 g/mol. The van der Waals surface area contributed by atoms with Crippen molar-refractivity contribution < 1.29 is 8.78 Å². The third kappa shape index (κ3) is 1.59. The maximum absolute atomic E-state index is 12.6. The van der Waals surface area contributed by atoms with Crippen LogP contribution in [0.5, 0.6) is 0 Å². The summed E-state index contributed by atoms with van der Waals surface area (Å²) in [6, 6.07) is 2.57. The topological polar surface area (TPSA) is 0 Å². The second kappa shape index (κ2) is 3.03. The fourth-order valence-corrected chi connectivity index (χ4v) is 1.28. The second-order valence-corrected chi connectivity index (χ2v) is 2.85. The van der Waals surface area contributed by atoms with E-state index < -0.39 is 11.6 Å². The molecule has 0 nitrogen and oxygen atoms in total. The molecule has 0 radical (unpaired) electrons. The molecule has 0 fully saturated rings. The van der Waals surface area contributed by atoms with E-state index in [0.717, 1.165) is 11.0 Å². The number of hydrogen-bond acceptors (Lipinski definition) is 0. The van der Waals surface area contributed by atoms with Crippen molar-refractivity contribution in [1.29, 1.82) is 0 Å². The normalized spacial score (nSPS) is 10.2. The fourth-order valence-electron chi connectivity index (χ4n) is 1.28. The predicted octanol–water partition coefficient (Wildman–Crippen LogP) is 1.12. The van der Waals surface area contributed by atoms with Gasteiger partial charge in [-0.15, -0.1) is 0 Å². The molecule has 0 aliphatic carbocycles. The highest BCUT2D eigenvalue weighted by Crippen LogP contribution is 2.05. The lowest BCUT2D eigenvalue weighted by molar-refractivity contribution is 0.509. The van der Waals surface area contributed by atoms with E-state index in [0.29, 0.717) is 0 Å². The molecule has 11 heavy (non-hydrogen) atoms. The highest BCUT2D eigenvalue weighted by Gasteiger charge is 2.01. The Hall–Kier alpha value is -0.855. The van der Waals surface area contributed by atoms with E-state index in [1.165, 1.54) is 12.1 Å². The van der Waals surface area contributed by atoms with E-state index in [2.05, 4.69) is 0 Å². The highest BCUT2D eigenvalue weighted by atomic mass is 19.2. The van der Waals surface area contributed by atoms with Crippen LogP contribution in [0.25, 0.3) is 0 Å². The third-order valence-electron chi connectivity index (χ3n) is 2.08. The highest BCUT2D eigenvalue weighted by molar-refractivity contribution is 6.52. The van der Waals surface area contributed by atoms with Gasteiger partial charge in [0.05, 0.1) is 0 Å². The Morgan fingerprint density at radius 3 is 2.27 bits per heavy atom. The summed E-state index contributed by atoms with van der Waals surface area (Å²) in [5.41, 5.74) is 1.86. The molecule has 1 aromatic rings. The van der Waals surface area contributed by atoms with Crippen molar-refractivity contribution >= 4 is 12.7 Å². The summed E-state index contributed by atoms with van der Waals surface area (Å²) < 4.78 is 25.1. The molecule has 0 bridgehead atoms. The van der Waals surface area contributed by atoms with Gasteiger partial charge in [-0.25, -0.2) is 14.2 Å². The molecule has 0 atom stereocenters. The number of benzene rings is 1. The molecule has 0 unspecified atom stereocenters.